The molecule has 0 aromatic rings. The number of hydrogen-bond donors (Lipinski definition) is 0. The Kier molecular flexibility index (Phi) is 63.9. The summed E-state index contributed by atoms with van der Waals surface area (Å²) in [5.74, 6) is 0. The lowest BCUT2D eigenvalue weighted by atomic mass is 11.0. The zero-order valence-electron chi connectivity index (χ0n) is 3.52. The molecule has 0 atom stereocenters. The van der Waals surface area contributed by atoms with Gasteiger partial charge in [-0.1, -0.05) is 6.92 Å². The van der Waals surface area contributed by atoms with E-state index >= 15 is 0 Å². The molecule has 5 heavy (non-hydrogen) atoms. The zero-order chi connectivity index (χ0) is 2.71. The highest BCUT2D eigenvalue weighted by Gasteiger charge is 1.41. The summed E-state index contributed by atoms with van der Waals surface area (Å²) in [4.78, 5) is 0. The smallest absolute Gasteiger partial charge is 0.147 e. The number of hydrogen-bond acceptors (Lipinski definition) is 0. The van der Waals surface area contributed by atoms with Crippen LogP contribution in [0.2, 0.25) is 5.28 Å². The quantitative estimate of drug-likeness (QED) is 0.428. The molecule has 0 aliphatic heterocycles. The molecule has 34 valence electrons. The van der Waals surface area contributed by atoms with E-state index in [1.807, 2.05) is 0 Å². The van der Waals surface area contributed by atoms with E-state index in [0.29, 0.717) is 0 Å². The molecule has 0 N–H and O–H groups in total. The van der Waals surface area contributed by atoms with Crippen LogP contribution in [0, 0.1) is 0 Å². The second-order valence-corrected chi connectivity index (χ2v) is 2.12. The predicted octanol–water partition coefficient (Wildman–Crippen LogP) is 0.901. The molecular weight excluding hydrogens is 122 g/mol. The van der Waals surface area contributed by atoms with Gasteiger partial charge in [0.1, 0.15) is 0 Å². The molecule has 0 unspecified atom stereocenters. The first-order chi connectivity index (χ1) is 1.41. The van der Waals surface area contributed by atoms with Gasteiger partial charge in [0.15, 0.2) is 0 Å². The fourth-order valence-corrected chi connectivity index (χ4v) is 0. The second kappa shape index (κ2) is 19.4. The highest BCUT2D eigenvalue weighted by molar-refractivity contribution is 6.08. The highest BCUT2D eigenvalue weighted by Crippen LogP contribution is 1.49. The second-order valence-electron chi connectivity index (χ2n) is 0.707. The van der Waals surface area contributed by atoms with Crippen molar-refractivity contribution >= 4 is 41.1 Å². The van der Waals surface area contributed by atoms with Crippen molar-refractivity contribution in [3.05, 3.63) is 0 Å². The lowest BCUT2D eigenvalue weighted by Crippen LogP contribution is -1.41. The molecule has 0 rings (SSSR count). The Morgan fingerprint density at radius 1 is 1.40 bits per heavy atom. The molecule has 0 bridgehead atoms. The van der Waals surface area contributed by atoms with Gasteiger partial charge in [0, 0.05) is 0 Å². The lowest BCUT2D eigenvalue weighted by Gasteiger charge is -1.44. The Labute approximate surface area is 53.6 Å². The first kappa shape index (κ1) is 16.5. The molecule has 0 saturated carbocycles. The average molecular weight is 131 g/mol. The molecule has 0 nitrogen and oxygen atoms in total. The van der Waals surface area contributed by atoms with Crippen LogP contribution >= 0.6 is 24.8 Å². The lowest BCUT2D eigenvalue weighted by molar-refractivity contribution is 1.48. The molecule has 0 heterocycles. The van der Waals surface area contributed by atoms with Crippen LogP contribution in [0.4, 0.5) is 0 Å². The van der Waals surface area contributed by atoms with E-state index in [0.717, 1.165) is 0 Å². The van der Waals surface area contributed by atoms with Gasteiger partial charge in [0.25, 0.3) is 0 Å². The monoisotopic (exact) mass is 130 g/mol. The van der Waals surface area contributed by atoms with Crippen LogP contribution in [-0.4, -0.2) is 16.3 Å². The van der Waals surface area contributed by atoms with E-state index in [4.69, 9.17) is 0 Å². The van der Waals surface area contributed by atoms with Gasteiger partial charge < -0.3 is 0 Å². The number of halogens is 2. The Bertz CT molecular complexity index is 7.61. The number of rotatable bonds is 0. The van der Waals surface area contributed by atoms with Gasteiger partial charge in [0.2, 0.25) is 16.3 Å². The van der Waals surface area contributed by atoms with Crippen LogP contribution in [0.1, 0.15) is 6.92 Å². The Morgan fingerprint density at radius 2 is 1.40 bits per heavy atom. The van der Waals surface area contributed by atoms with Gasteiger partial charge in [-0.05, 0) is 0 Å². The predicted molar refractivity (Wildman–Crippen MR) is 33.5 cm³/mol. The molecule has 0 aliphatic carbocycles. The third kappa shape index (κ3) is 40.0. The van der Waals surface area contributed by atoms with E-state index in [2.05, 4.69) is 6.92 Å². The van der Waals surface area contributed by atoms with Gasteiger partial charge in [-0.3, -0.25) is 0 Å². The minimum absolute atomic E-state index is 0. The Hall–Kier alpha value is 1.11. The largest absolute Gasteiger partial charge is 0.211 e. The first-order valence-corrected chi connectivity index (χ1v) is 2.83. The van der Waals surface area contributed by atoms with Gasteiger partial charge in [0.05, 0.1) is 0 Å². The maximum absolute atomic E-state index is 2.19. The zero-order valence-corrected chi connectivity index (χ0v) is 7.16. The van der Waals surface area contributed by atoms with Gasteiger partial charge >= 0.3 is 0 Å². The fourth-order valence-electron chi connectivity index (χ4n) is 0. The Morgan fingerprint density at radius 3 is 1.40 bits per heavy atom. The molecule has 0 fully saturated rings. The third-order valence-electron chi connectivity index (χ3n) is 0. The normalized spacial score (nSPS) is 3.40. The van der Waals surface area contributed by atoms with Gasteiger partial charge in [-0.2, -0.15) is 0 Å². The Balaban J connectivity index is -0.0000000200. The van der Waals surface area contributed by atoms with Crippen molar-refractivity contribution in [2.75, 3.05) is 0 Å². The van der Waals surface area contributed by atoms with Crippen molar-refractivity contribution in [2.45, 2.75) is 12.2 Å². The maximum atomic E-state index is 2.19. The minimum atomic E-state index is 0. The van der Waals surface area contributed by atoms with Crippen molar-refractivity contribution < 1.29 is 0 Å². The van der Waals surface area contributed by atoms with Gasteiger partial charge in [-0.15, -0.1) is 30.1 Å². The molecule has 0 spiro atoms. The average Bonchev–Trinajstić information content (AvgIpc) is 0.918. The summed E-state index contributed by atoms with van der Waals surface area (Å²) in [5.41, 5.74) is 0. The molecule has 0 amide bonds. The SMILES string of the molecule is C[CH2][AlH2].Cl.Cl. The first-order valence-electron chi connectivity index (χ1n) is 1.41. The molecule has 0 saturated heterocycles. The van der Waals surface area contributed by atoms with E-state index in [-0.39, 0.29) is 24.8 Å². The third-order valence-corrected chi connectivity index (χ3v) is 0. The van der Waals surface area contributed by atoms with Crippen LogP contribution in [0.15, 0.2) is 0 Å². The summed E-state index contributed by atoms with van der Waals surface area (Å²) in [6, 6.07) is 0. The molecule has 0 aromatic carbocycles. The summed E-state index contributed by atoms with van der Waals surface area (Å²) in [5, 5.41) is 1.39. The highest BCUT2D eigenvalue weighted by atomic mass is 35.5. The van der Waals surface area contributed by atoms with Crippen molar-refractivity contribution in [3.8, 4) is 0 Å². The summed E-state index contributed by atoms with van der Waals surface area (Å²) >= 11 is 1.37. The van der Waals surface area contributed by atoms with Crippen LogP contribution in [0.5, 0.6) is 0 Å². The summed E-state index contributed by atoms with van der Waals surface area (Å²) in [6.45, 7) is 2.19. The van der Waals surface area contributed by atoms with Crippen LogP contribution in [-0.2, 0) is 0 Å². The van der Waals surface area contributed by atoms with E-state index in [1.165, 1.54) is 21.6 Å². The molecule has 0 radical (unpaired) electrons. The maximum Gasteiger partial charge on any atom is 0.211 e. The fraction of sp³-hybridized carbons (Fsp3) is 1.00. The van der Waals surface area contributed by atoms with Crippen molar-refractivity contribution in [1.82, 2.24) is 0 Å². The van der Waals surface area contributed by atoms with E-state index < -0.39 is 0 Å². The summed E-state index contributed by atoms with van der Waals surface area (Å²) in [7, 11) is 0. The molecule has 0 aromatic heterocycles. The summed E-state index contributed by atoms with van der Waals surface area (Å²) in [6.07, 6.45) is 0. The van der Waals surface area contributed by atoms with Crippen molar-refractivity contribution in [2.24, 2.45) is 0 Å². The molecule has 3 heteroatoms. The standard InChI is InChI=1S/C2H5.Al.2ClH.2H/c1-2;;;;;/h1H2,2H3;;2*1H;;. The molecule has 0 aliphatic rings. The van der Waals surface area contributed by atoms with Gasteiger partial charge in [-0.25, -0.2) is 0 Å². The van der Waals surface area contributed by atoms with Crippen molar-refractivity contribution in [3.63, 3.8) is 0 Å². The topological polar surface area (TPSA) is 0 Å². The van der Waals surface area contributed by atoms with Crippen LogP contribution in [0.25, 0.3) is 0 Å². The van der Waals surface area contributed by atoms with Crippen LogP contribution < -0.4 is 0 Å². The van der Waals surface area contributed by atoms with Crippen LogP contribution in [0.3, 0.4) is 0 Å². The van der Waals surface area contributed by atoms with E-state index in [9.17, 15) is 0 Å². The minimum Gasteiger partial charge on any atom is -0.147 e. The summed E-state index contributed by atoms with van der Waals surface area (Å²) < 4.78 is 0. The van der Waals surface area contributed by atoms with Crippen molar-refractivity contribution in [1.29, 1.82) is 0 Å². The molecular formula is C2H9AlCl2. The van der Waals surface area contributed by atoms with E-state index in [1.54, 1.807) is 0 Å².